The molecule has 1 fully saturated rings. The third kappa shape index (κ3) is 7.45. The van der Waals surface area contributed by atoms with E-state index in [-0.39, 0.29) is 17.7 Å². The zero-order chi connectivity index (χ0) is 25.2. The highest BCUT2D eigenvalue weighted by Crippen LogP contribution is 2.30. The lowest BCUT2D eigenvalue weighted by Gasteiger charge is -2.40. The first-order valence-corrected chi connectivity index (χ1v) is 14.0. The molecule has 1 aliphatic rings. The predicted molar refractivity (Wildman–Crippen MR) is 149 cm³/mol. The average molecular weight is 524 g/mol. The maximum Gasteiger partial charge on any atom is 0.230 e. The van der Waals surface area contributed by atoms with Gasteiger partial charge in [0.15, 0.2) is 5.16 Å². The molecule has 2 aromatic carbocycles. The number of benzene rings is 2. The van der Waals surface area contributed by atoms with Crippen LogP contribution in [0.5, 0.6) is 0 Å². The number of hydrogen-bond donors (Lipinski definition) is 1. The monoisotopic (exact) mass is 523 g/mol. The summed E-state index contributed by atoms with van der Waals surface area (Å²) in [6, 6.07) is 23.4. The fraction of sp³-hybridized carbons (Fsp3) is 0.393. The van der Waals surface area contributed by atoms with Crippen LogP contribution in [0.25, 0.3) is 0 Å². The second kappa shape index (κ2) is 13.6. The molecule has 1 amide bonds. The number of thioether (sulfide) groups is 1. The Morgan fingerprint density at radius 3 is 2.22 bits per heavy atom. The highest BCUT2D eigenvalue weighted by Gasteiger charge is 2.27. The molecule has 1 saturated heterocycles. The Labute approximate surface area is 223 Å². The van der Waals surface area contributed by atoms with Crippen LogP contribution in [0.4, 0.5) is 5.82 Å². The number of carbonyl (C=O) groups is 1. The molecule has 0 atom stereocenters. The molecular formula is C28H34ClN5OS. The Morgan fingerprint density at radius 1 is 0.972 bits per heavy atom. The number of hydrogen-bond acceptors (Lipinski definition) is 6. The van der Waals surface area contributed by atoms with E-state index in [2.05, 4.69) is 87.7 Å². The number of halogens is 1. The minimum absolute atomic E-state index is 0.00251. The van der Waals surface area contributed by atoms with Crippen LogP contribution in [0.15, 0.2) is 71.9 Å². The molecule has 0 spiro atoms. The summed E-state index contributed by atoms with van der Waals surface area (Å²) in [4.78, 5) is 26.0. The van der Waals surface area contributed by atoms with Gasteiger partial charge < -0.3 is 10.2 Å². The first-order valence-electron chi connectivity index (χ1n) is 12.7. The van der Waals surface area contributed by atoms with Gasteiger partial charge in [-0.25, -0.2) is 9.97 Å². The van der Waals surface area contributed by atoms with Crippen LogP contribution in [-0.2, 0) is 4.79 Å². The normalized spacial score (nSPS) is 14.2. The van der Waals surface area contributed by atoms with Crippen LogP contribution in [0, 0.1) is 0 Å². The summed E-state index contributed by atoms with van der Waals surface area (Å²) in [5.74, 6) is 1.11. The molecule has 1 aliphatic heterocycles. The number of unbranched alkanes of at least 4 members (excludes halogenated alkanes) is 2. The van der Waals surface area contributed by atoms with Crippen molar-refractivity contribution in [1.82, 2.24) is 20.2 Å². The Hall–Kier alpha value is -2.61. The highest BCUT2D eigenvalue weighted by atomic mass is 35.5. The maximum absolute atomic E-state index is 12.1. The summed E-state index contributed by atoms with van der Waals surface area (Å²) in [5.41, 5.74) is 2.60. The quantitative estimate of drug-likeness (QED) is 0.156. The molecule has 190 valence electrons. The van der Waals surface area contributed by atoms with E-state index in [0.29, 0.717) is 16.9 Å². The molecule has 1 aromatic heterocycles. The smallest absolute Gasteiger partial charge is 0.230 e. The standard InChI is InChI=1S/C28H34ClN5OS/c1-2-3-10-15-30-26(35)21-36-28-31-24(29)20-25(32-28)33-16-18-34(19-17-33)27(22-11-6-4-7-12-22)23-13-8-5-9-14-23/h4-9,11-14,20,27H,2-3,10,15-19,21H2,1H3,(H,30,35). The minimum atomic E-state index is 0.00251. The maximum atomic E-state index is 12.1. The lowest BCUT2D eigenvalue weighted by Crippen LogP contribution is -2.48. The average Bonchev–Trinajstić information content (AvgIpc) is 2.91. The summed E-state index contributed by atoms with van der Waals surface area (Å²) in [6.45, 7) is 6.34. The van der Waals surface area contributed by atoms with Crippen LogP contribution < -0.4 is 10.2 Å². The Balaban J connectivity index is 1.38. The first kappa shape index (κ1) is 26.5. The third-order valence-corrected chi connectivity index (χ3v) is 7.37. The fourth-order valence-electron chi connectivity index (χ4n) is 4.49. The van der Waals surface area contributed by atoms with Crippen LogP contribution in [-0.4, -0.2) is 59.3 Å². The van der Waals surface area contributed by atoms with E-state index in [1.807, 2.05) is 6.07 Å². The second-order valence-corrected chi connectivity index (χ2v) is 10.3. The highest BCUT2D eigenvalue weighted by molar-refractivity contribution is 7.99. The van der Waals surface area contributed by atoms with Crippen LogP contribution >= 0.6 is 23.4 Å². The fourth-order valence-corrected chi connectivity index (χ4v) is 5.40. The number of aromatic nitrogens is 2. The summed E-state index contributed by atoms with van der Waals surface area (Å²) in [7, 11) is 0. The topological polar surface area (TPSA) is 61.4 Å². The van der Waals surface area contributed by atoms with Crippen LogP contribution in [0.1, 0.15) is 43.4 Å². The summed E-state index contributed by atoms with van der Waals surface area (Å²) in [6.07, 6.45) is 3.27. The number of amides is 1. The largest absolute Gasteiger partial charge is 0.355 e. The van der Waals surface area contributed by atoms with Crippen molar-refractivity contribution in [3.05, 3.63) is 83.0 Å². The van der Waals surface area contributed by atoms with Crippen molar-refractivity contribution in [2.24, 2.45) is 0 Å². The van der Waals surface area contributed by atoms with Gasteiger partial charge in [0.05, 0.1) is 11.8 Å². The van der Waals surface area contributed by atoms with Gasteiger partial charge in [0.1, 0.15) is 11.0 Å². The van der Waals surface area contributed by atoms with Gasteiger partial charge in [0, 0.05) is 38.8 Å². The van der Waals surface area contributed by atoms with E-state index < -0.39 is 0 Å². The predicted octanol–water partition coefficient (Wildman–Crippen LogP) is 5.44. The van der Waals surface area contributed by atoms with Crippen LogP contribution in [0.3, 0.4) is 0 Å². The molecule has 36 heavy (non-hydrogen) atoms. The molecule has 8 heteroatoms. The Bertz CT molecular complexity index is 1050. The van der Waals surface area contributed by atoms with E-state index in [9.17, 15) is 4.79 Å². The lowest BCUT2D eigenvalue weighted by molar-refractivity contribution is -0.118. The van der Waals surface area contributed by atoms with E-state index in [1.54, 1.807) is 0 Å². The van der Waals surface area contributed by atoms with Gasteiger partial charge >= 0.3 is 0 Å². The van der Waals surface area contributed by atoms with Crippen molar-refractivity contribution in [1.29, 1.82) is 0 Å². The number of nitrogens with zero attached hydrogens (tertiary/aromatic N) is 4. The molecule has 4 rings (SSSR count). The van der Waals surface area contributed by atoms with Gasteiger partial charge in [0.25, 0.3) is 0 Å². The van der Waals surface area contributed by atoms with Crippen molar-refractivity contribution in [2.75, 3.05) is 43.4 Å². The van der Waals surface area contributed by atoms with E-state index in [1.165, 1.54) is 22.9 Å². The molecule has 0 unspecified atom stereocenters. The van der Waals surface area contributed by atoms with Crippen molar-refractivity contribution in [3.8, 4) is 0 Å². The van der Waals surface area contributed by atoms with Crippen molar-refractivity contribution >= 4 is 35.1 Å². The van der Waals surface area contributed by atoms with E-state index in [0.717, 1.165) is 51.3 Å². The molecule has 6 nitrogen and oxygen atoms in total. The number of nitrogens with one attached hydrogen (secondary N) is 1. The SMILES string of the molecule is CCCCCNC(=O)CSc1nc(Cl)cc(N2CCN(C(c3ccccc3)c3ccccc3)CC2)n1. The van der Waals surface area contributed by atoms with Crippen molar-refractivity contribution in [2.45, 2.75) is 37.4 Å². The molecule has 0 saturated carbocycles. The van der Waals surface area contributed by atoms with E-state index >= 15 is 0 Å². The molecule has 3 aromatic rings. The third-order valence-electron chi connectivity index (χ3n) is 6.33. The zero-order valence-electron chi connectivity index (χ0n) is 20.8. The Morgan fingerprint density at radius 2 is 1.61 bits per heavy atom. The summed E-state index contributed by atoms with van der Waals surface area (Å²) >= 11 is 7.67. The van der Waals surface area contributed by atoms with E-state index in [4.69, 9.17) is 16.6 Å². The molecule has 2 heterocycles. The number of piperazine rings is 1. The van der Waals surface area contributed by atoms with Gasteiger partial charge in [0.2, 0.25) is 5.91 Å². The van der Waals surface area contributed by atoms with Crippen molar-refractivity contribution in [3.63, 3.8) is 0 Å². The van der Waals surface area contributed by atoms with Crippen molar-refractivity contribution < 1.29 is 4.79 Å². The summed E-state index contributed by atoms with van der Waals surface area (Å²) in [5, 5.41) is 3.90. The first-order chi connectivity index (χ1) is 17.6. The van der Waals surface area contributed by atoms with Gasteiger partial charge in [-0.1, -0.05) is 104 Å². The molecule has 0 radical (unpaired) electrons. The summed E-state index contributed by atoms with van der Waals surface area (Å²) < 4.78 is 0. The second-order valence-electron chi connectivity index (χ2n) is 8.92. The number of rotatable bonds is 11. The molecule has 0 aliphatic carbocycles. The Kier molecular flexibility index (Phi) is 10.0. The van der Waals surface area contributed by atoms with Crippen LogP contribution in [0.2, 0.25) is 5.15 Å². The molecule has 0 bridgehead atoms. The van der Waals surface area contributed by atoms with Gasteiger partial charge in [-0.05, 0) is 17.5 Å². The molecule has 1 N–H and O–H groups in total. The molecular weight excluding hydrogens is 490 g/mol. The van der Waals surface area contributed by atoms with Gasteiger partial charge in [-0.2, -0.15) is 0 Å². The number of anilines is 1. The number of carbonyl (C=O) groups excluding carboxylic acids is 1. The van der Waals surface area contributed by atoms with Gasteiger partial charge in [-0.15, -0.1) is 0 Å². The minimum Gasteiger partial charge on any atom is -0.355 e. The lowest BCUT2D eigenvalue weighted by atomic mass is 9.96. The van der Waals surface area contributed by atoms with Gasteiger partial charge in [-0.3, -0.25) is 9.69 Å². The zero-order valence-corrected chi connectivity index (χ0v) is 22.3.